The number of aryl methyl sites for hydroxylation is 1. The van der Waals surface area contributed by atoms with E-state index in [1.54, 1.807) is 0 Å². The van der Waals surface area contributed by atoms with Gasteiger partial charge in [0.25, 0.3) is 0 Å². The summed E-state index contributed by atoms with van der Waals surface area (Å²) in [4.78, 5) is 11.5. The number of hydrogen-bond acceptors (Lipinski definition) is 3. The van der Waals surface area contributed by atoms with Crippen LogP contribution in [0.4, 0.5) is 5.69 Å². The van der Waals surface area contributed by atoms with Gasteiger partial charge in [0.2, 0.25) is 0 Å². The Kier molecular flexibility index (Phi) is 5.20. The molecule has 0 saturated carbocycles. The minimum absolute atomic E-state index is 0.182. The third-order valence-electron chi connectivity index (χ3n) is 2.19. The average Bonchev–Trinajstić information content (AvgIpc) is 2.18. The van der Waals surface area contributed by atoms with Crippen LogP contribution in [0, 0.1) is 6.92 Å². The second-order valence-corrected chi connectivity index (χ2v) is 6.10. The van der Waals surface area contributed by atoms with E-state index in [2.05, 4.69) is 21.2 Å². The van der Waals surface area contributed by atoms with Gasteiger partial charge in [0.15, 0.2) is 0 Å². The number of halogens is 1. The highest BCUT2D eigenvalue weighted by atomic mass is 79.9. The van der Waals surface area contributed by atoms with Crippen LogP contribution in [0.25, 0.3) is 0 Å². The number of esters is 1. The summed E-state index contributed by atoms with van der Waals surface area (Å²) >= 11 is 3.48. The smallest absolute Gasteiger partial charge is 0.308 e. The number of carbonyl (C=O) groups excluding carboxylic acids is 1. The lowest BCUT2D eigenvalue weighted by atomic mass is 10.2. The third-order valence-corrected chi connectivity index (χ3v) is 2.85. The van der Waals surface area contributed by atoms with Crippen molar-refractivity contribution in [3.05, 3.63) is 28.2 Å². The summed E-state index contributed by atoms with van der Waals surface area (Å²) in [5.41, 5.74) is 1.77. The van der Waals surface area contributed by atoms with Crippen LogP contribution < -0.4 is 5.32 Å². The van der Waals surface area contributed by atoms with Crippen LogP contribution in [0.15, 0.2) is 22.7 Å². The Morgan fingerprint density at radius 2 is 2.06 bits per heavy atom. The van der Waals surface area contributed by atoms with Crippen molar-refractivity contribution in [1.29, 1.82) is 0 Å². The molecular formula is C14H20BrNO2. The van der Waals surface area contributed by atoms with Crippen molar-refractivity contribution in [2.75, 3.05) is 11.9 Å². The van der Waals surface area contributed by atoms with Crippen LogP contribution in [-0.4, -0.2) is 18.1 Å². The lowest BCUT2D eigenvalue weighted by Gasteiger charge is -2.19. The number of rotatable bonds is 4. The van der Waals surface area contributed by atoms with Crippen LogP contribution in [0.2, 0.25) is 0 Å². The van der Waals surface area contributed by atoms with Crippen molar-refractivity contribution in [2.24, 2.45) is 0 Å². The summed E-state index contributed by atoms with van der Waals surface area (Å²) in [6.07, 6.45) is 0.359. The monoisotopic (exact) mass is 313 g/mol. The van der Waals surface area contributed by atoms with E-state index < -0.39 is 5.60 Å². The Balaban J connectivity index is 2.40. The van der Waals surface area contributed by atoms with Crippen molar-refractivity contribution in [2.45, 2.75) is 39.7 Å². The summed E-state index contributed by atoms with van der Waals surface area (Å²) in [5, 5.41) is 3.21. The SMILES string of the molecule is Cc1ccc(NCCC(=O)OC(C)(C)C)c(Br)c1. The van der Waals surface area contributed by atoms with Crippen molar-refractivity contribution in [1.82, 2.24) is 0 Å². The number of ether oxygens (including phenoxy) is 1. The topological polar surface area (TPSA) is 38.3 Å². The van der Waals surface area contributed by atoms with Gasteiger partial charge in [0, 0.05) is 16.7 Å². The summed E-state index contributed by atoms with van der Waals surface area (Å²) < 4.78 is 6.24. The number of carbonyl (C=O) groups is 1. The first kappa shape index (κ1) is 15.0. The zero-order chi connectivity index (χ0) is 13.8. The quantitative estimate of drug-likeness (QED) is 0.857. The Morgan fingerprint density at radius 3 is 2.61 bits per heavy atom. The van der Waals surface area contributed by atoms with Crippen LogP contribution in [0.1, 0.15) is 32.8 Å². The Bertz CT molecular complexity index is 424. The molecule has 0 radical (unpaired) electrons. The molecule has 18 heavy (non-hydrogen) atoms. The van der Waals surface area contributed by atoms with E-state index in [4.69, 9.17) is 4.74 Å². The van der Waals surface area contributed by atoms with Crippen LogP contribution in [0.3, 0.4) is 0 Å². The first-order chi connectivity index (χ1) is 8.28. The van der Waals surface area contributed by atoms with Gasteiger partial charge in [-0.3, -0.25) is 4.79 Å². The van der Waals surface area contributed by atoms with Crippen molar-refractivity contribution < 1.29 is 9.53 Å². The third kappa shape index (κ3) is 5.54. The minimum atomic E-state index is -0.415. The van der Waals surface area contributed by atoms with E-state index in [1.807, 2.05) is 45.9 Å². The highest BCUT2D eigenvalue weighted by molar-refractivity contribution is 9.10. The van der Waals surface area contributed by atoms with Crippen molar-refractivity contribution in [3.8, 4) is 0 Å². The Labute approximate surface area is 117 Å². The summed E-state index contributed by atoms with van der Waals surface area (Å²) in [6, 6.07) is 6.06. The highest BCUT2D eigenvalue weighted by Crippen LogP contribution is 2.23. The standard InChI is InChI=1S/C14H20BrNO2/c1-10-5-6-12(11(15)9-10)16-8-7-13(17)18-14(2,3)4/h5-6,9,16H,7-8H2,1-4H3. The zero-order valence-electron chi connectivity index (χ0n) is 11.3. The second kappa shape index (κ2) is 6.23. The van der Waals surface area contributed by atoms with E-state index >= 15 is 0 Å². The summed E-state index contributed by atoms with van der Waals surface area (Å²) in [6.45, 7) is 8.21. The molecule has 0 fully saturated rings. The summed E-state index contributed by atoms with van der Waals surface area (Å²) in [5.74, 6) is -0.182. The van der Waals surface area contributed by atoms with Crippen LogP contribution >= 0.6 is 15.9 Å². The van der Waals surface area contributed by atoms with E-state index in [1.165, 1.54) is 5.56 Å². The van der Waals surface area contributed by atoms with E-state index in [0.29, 0.717) is 13.0 Å². The predicted octanol–water partition coefficient (Wildman–Crippen LogP) is 3.90. The van der Waals surface area contributed by atoms with Gasteiger partial charge in [-0.15, -0.1) is 0 Å². The van der Waals surface area contributed by atoms with Crippen LogP contribution in [-0.2, 0) is 9.53 Å². The molecule has 4 heteroatoms. The van der Waals surface area contributed by atoms with E-state index in [-0.39, 0.29) is 5.97 Å². The molecule has 0 aliphatic heterocycles. The Hall–Kier alpha value is -1.03. The predicted molar refractivity (Wildman–Crippen MR) is 77.8 cm³/mol. The van der Waals surface area contributed by atoms with Gasteiger partial charge in [-0.1, -0.05) is 6.07 Å². The van der Waals surface area contributed by atoms with Crippen molar-refractivity contribution >= 4 is 27.6 Å². The molecule has 1 aromatic rings. The van der Waals surface area contributed by atoms with Gasteiger partial charge in [0.05, 0.1) is 6.42 Å². The summed E-state index contributed by atoms with van der Waals surface area (Å²) in [7, 11) is 0. The van der Waals surface area contributed by atoms with Crippen molar-refractivity contribution in [3.63, 3.8) is 0 Å². The van der Waals surface area contributed by atoms with E-state index in [0.717, 1.165) is 10.2 Å². The first-order valence-corrected chi connectivity index (χ1v) is 6.79. The molecule has 0 aliphatic rings. The number of hydrogen-bond donors (Lipinski definition) is 1. The molecule has 0 saturated heterocycles. The molecule has 0 unspecified atom stereocenters. The maximum Gasteiger partial charge on any atom is 0.308 e. The maximum atomic E-state index is 11.5. The first-order valence-electron chi connectivity index (χ1n) is 6.00. The normalized spacial score (nSPS) is 11.2. The van der Waals surface area contributed by atoms with Gasteiger partial charge in [0.1, 0.15) is 5.60 Å². The molecule has 1 aromatic carbocycles. The molecular weight excluding hydrogens is 294 g/mol. The zero-order valence-corrected chi connectivity index (χ0v) is 12.9. The highest BCUT2D eigenvalue weighted by Gasteiger charge is 2.15. The van der Waals surface area contributed by atoms with Gasteiger partial charge >= 0.3 is 5.97 Å². The number of anilines is 1. The fourth-order valence-electron chi connectivity index (χ4n) is 1.46. The molecule has 1 N–H and O–H groups in total. The second-order valence-electron chi connectivity index (χ2n) is 5.25. The average molecular weight is 314 g/mol. The van der Waals surface area contributed by atoms with E-state index in [9.17, 15) is 4.79 Å². The van der Waals surface area contributed by atoms with Gasteiger partial charge in [-0.2, -0.15) is 0 Å². The van der Waals surface area contributed by atoms with Crippen LogP contribution in [0.5, 0.6) is 0 Å². The maximum absolute atomic E-state index is 11.5. The van der Waals surface area contributed by atoms with Gasteiger partial charge in [-0.25, -0.2) is 0 Å². The fourth-order valence-corrected chi connectivity index (χ4v) is 2.09. The molecule has 3 nitrogen and oxygen atoms in total. The molecule has 1 rings (SSSR count). The molecule has 0 spiro atoms. The molecule has 0 bridgehead atoms. The molecule has 0 amide bonds. The number of benzene rings is 1. The Morgan fingerprint density at radius 1 is 1.39 bits per heavy atom. The lowest BCUT2D eigenvalue weighted by molar-refractivity contribution is -0.154. The lowest BCUT2D eigenvalue weighted by Crippen LogP contribution is -2.25. The molecule has 100 valence electrons. The van der Waals surface area contributed by atoms with Gasteiger partial charge < -0.3 is 10.1 Å². The molecule has 0 aliphatic carbocycles. The largest absolute Gasteiger partial charge is 0.460 e. The number of nitrogens with one attached hydrogen (secondary N) is 1. The molecule has 0 heterocycles. The molecule has 0 aromatic heterocycles. The van der Waals surface area contributed by atoms with Gasteiger partial charge in [-0.05, 0) is 61.3 Å². The molecule has 0 atom stereocenters. The minimum Gasteiger partial charge on any atom is -0.460 e. The fraction of sp³-hybridized carbons (Fsp3) is 0.500.